The van der Waals surface area contributed by atoms with Gasteiger partial charge in [-0.25, -0.2) is 9.18 Å². The SMILES string of the molecule is Cc1cc([C@@H]2[C@H](c3ccccn3)NC(=S)N2c2ccccc2F)c(C)n1-c1cccc(C(=O)O)c1. The molecule has 176 valence electrons. The molecule has 1 aliphatic heterocycles. The summed E-state index contributed by atoms with van der Waals surface area (Å²) in [6.45, 7) is 3.94. The van der Waals surface area contributed by atoms with Gasteiger partial charge in [0, 0.05) is 23.3 Å². The molecule has 4 aromatic rings. The number of nitrogens with zero attached hydrogens (tertiary/aromatic N) is 3. The molecule has 0 spiro atoms. The fourth-order valence-corrected chi connectivity index (χ4v) is 5.18. The van der Waals surface area contributed by atoms with Crippen LogP contribution in [0, 0.1) is 19.7 Å². The van der Waals surface area contributed by atoms with E-state index in [2.05, 4.69) is 10.3 Å². The average molecular weight is 487 g/mol. The Bertz CT molecular complexity index is 1440. The van der Waals surface area contributed by atoms with Gasteiger partial charge >= 0.3 is 5.97 Å². The van der Waals surface area contributed by atoms with Gasteiger partial charge in [0.2, 0.25) is 0 Å². The maximum atomic E-state index is 15.0. The maximum absolute atomic E-state index is 15.0. The fourth-order valence-electron chi connectivity index (χ4n) is 4.84. The predicted molar refractivity (Wildman–Crippen MR) is 137 cm³/mol. The number of anilines is 1. The van der Waals surface area contributed by atoms with E-state index in [1.807, 2.05) is 53.6 Å². The Kier molecular flexibility index (Phi) is 5.82. The van der Waals surface area contributed by atoms with Gasteiger partial charge in [0.25, 0.3) is 0 Å². The minimum Gasteiger partial charge on any atom is -0.478 e. The number of benzene rings is 2. The van der Waals surface area contributed by atoms with Crippen LogP contribution < -0.4 is 10.2 Å². The molecule has 1 saturated heterocycles. The Hall–Kier alpha value is -4.04. The lowest BCUT2D eigenvalue weighted by Crippen LogP contribution is -2.30. The van der Waals surface area contributed by atoms with Crippen molar-refractivity contribution in [1.82, 2.24) is 14.9 Å². The van der Waals surface area contributed by atoms with Crippen LogP contribution in [0.2, 0.25) is 0 Å². The van der Waals surface area contributed by atoms with Crippen LogP contribution in [-0.4, -0.2) is 25.7 Å². The van der Waals surface area contributed by atoms with Crippen LogP contribution >= 0.6 is 12.2 Å². The lowest BCUT2D eigenvalue weighted by molar-refractivity contribution is 0.0697. The second-order valence-corrected chi connectivity index (χ2v) is 8.85. The van der Waals surface area contributed by atoms with E-state index < -0.39 is 5.97 Å². The number of aromatic carboxylic acids is 1. The number of aromatic nitrogens is 2. The third-order valence-corrected chi connectivity index (χ3v) is 6.66. The van der Waals surface area contributed by atoms with Crippen molar-refractivity contribution < 1.29 is 14.3 Å². The minimum absolute atomic E-state index is 0.208. The van der Waals surface area contributed by atoms with Crippen molar-refractivity contribution in [3.63, 3.8) is 0 Å². The van der Waals surface area contributed by atoms with Gasteiger partial charge in [-0.15, -0.1) is 0 Å². The summed E-state index contributed by atoms with van der Waals surface area (Å²) >= 11 is 5.71. The molecular weight excluding hydrogens is 463 g/mol. The molecule has 35 heavy (non-hydrogen) atoms. The van der Waals surface area contributed by atoms with Crippen molar-refractivity contribution in [1.29, 1.82) is 0 Å². The molecule has 0 saturated carbocycles. The molecule has 0 amide bonds. The summed E-state index contributed by atoms with van der Waals surface area (Å²) in [5, 5.41) is 13.2. The summed E-state index contributed by atoms with van der Waals surface area (Å²) in [6.07, 6.45) is 1.73. The van der Waals surface area contributed by atoms with E-state index in [1.54, 1.807) is 42.6 Å². The number of nitrogens with one attached hydrogen (secondary N) is 1. The zero-order chi connectivity index (χ0) is 24.7. The first-order chi connectivity index (χ1) is 16.9. The molecular formula is C27H23FN4O2S. The van der Waals surface area contributed by atoms with E-state index in [0.29, 0.717) is 10.8 Å². The predicted octanol–water partition coefficient (Wildman–Crippen LogP) is 5.50. The topological polar surface area (TPSA) is 70.4 Å². The van der Waals surface area contributed by atoms with Gasteiger partial charge in [-0.05, 0) is 80.2 Å². The molecule has 2 aromatic carbocycles. The highest BCUT2D eigenvalue weighted by molar-refractivity contribution is 7.80. The van der Waals surface area contributed by atoms with Crippen LogP contribution in [0.3, 0.4) is 0 Å². The second kappa shape index (κ2) is 8.96. The van der Waals surface area contributed by atoms with Gasteiger partial charge in [-0.1, -0.05) is 24.3 Å². The Morgan fingerprint density at radius 2 is 1.83 bits per heavy atom. The molecule has 2 atom stereocenters. The Morgan fingerprint density at radius 1 is 1.06 bits per heavy atom. The number of hydrogen-bond donors (Lipinski definition) is 2. The van der Waals surface area contributed by atoms with Gasteiger partial charge < -0.3 is 19.9 Å². The molecule has 0 unspecified atom stereocenters. The van der Waals surface area contributed by atoms with E-state index in [0.717, 1.165) is 28.3 Å². The average Bonchev–Trinajstić information content (AvgIpc) is 3.35. The quantitative estimate of drug-likeness (QED) is 0.363. The summed E-state index contributed by atoms with van der Waals surface area (Å²) in [4.78, 5) is 17.9. The highest BCUT2D eigenvalue weighted by Crippen LogP contribution is 2.44. The van der Waals surface area contributed by atoms with Crippen molar-refractivity contribution in [2.45, 2.75) is 25.9 Å². The Morgan fingerprint density at radius 3 is 2.54 bits per heavy atom. The molecule has 3 heterocycles. The van der Waals surface area contributed by atoms with E-state index in [9.17, 15) is 14.3 Å². The summed E-state index contributed by atoms with van der Waals surface area (Å²) < 4.78 is 17.0. The summed E-state index contributed by atoms with van der Waals surface area (Å²) in [6, 6.07) is 20.4. The van der Waals surface area contributed by atoms with E-state index >= 15 is 0 Å². The van der Waals surface area contributed by atoms with Crippen molar-refractivity contribution in [3.8, 4) is 5.69 Å². The smallest absolute Gasteiger partial charge is 0.335 e. The zero-order valence-corrected chi connectivity index (χ0v) is 20.0. The molecule has 2 N–H and O–H groups in total. The van der Waals surface area contributed by atoms with Gasteiger partial charge in [-0.2, -0.15) is 0 Å². The van der Waals surface area contributed by atoms with Crippen LogP contribution in [0.1, 0.15) is 45.1 Å². The van der Waals surface area contributed by atoms with Crippen molar-refractivity contribution in [2.24, 2.45) is 0 Å². The highest BCUT2D eigenvalue weighted by Gasteiger charge is 2.43. The lowest BCUT2D eigenvalue weighted by Gasteiger charge is -2.28. The molecule has 5 rings (SSSR count). The standard InChI is InChI=1S/C27H23FN4O2S/c1-16-14-20(17(2)31(16)19-9-7-8-18(15-19)26(33)34)25-24(22-11-5-6-13-29-22)30-27(35)32(25)23-12-4-3-10-21(23)28/h3-15,24-25H,1-2H3,(H,30,35)(H,33,34)/t24-,25+/m0/s1. The Balaban J connectivity index is 1.69. The minimum atomic E-state index is -0.985. The second-order valence-electron chi connectivity index (χ2n) is 8.47. The third-order valence-electron chi connectivity index (χ3n) is 6.35. The van der Waals surface area contributed by atoms with Gasteiger partial charge in [0.1, 0.15) is 5.82 Å². The molecule has 8 heteroatoms. The number of halogens is 1. The Labute approximate surface area is 207 Å². The number of para-hydroxylation sites is 1. The normalized spacial score (nSPS) is 17.5. The van der Waals surface area contributed by atoms with Gasteiger partial charge in [0.15, 0.2) is 5.11 Å². The van der Waals surface area contributed by atoms with Crippen molar-refractivity contribution in [3.05, 3.63) is 113 Å². The highest BCUT2D eigenvalue weighted by atomic mass is 32.1. The molecule has 2 aromatic heterocycles. The van der Waals surface area contributed by atoms with Crippen LogP contribution in [0.25, 0.3) is 5.69 Å². The number of carboxylic acid groups (broad SMARTS) is 1. The van der Waals surface area contributed by atoms with E-state index in [4.69, 9.17) is 12.2 Å². The first kappa shape index (κ1) is 22.7. The summed E-state index contributed by atoms with van der Waals surface area (Å²) in [5.74, 6) is -1.35. The van der Waals surface area contributed by atoms with E-state index in [1.165, 1.54) is 6.07 Å². The van der Waals surface area contributed by atoms with Crippen molar-refractivity contribution in [2.75, 3.05) is 4.90 Å². The molecule has 1 fully saturated rings. The molecule has 0 aliphatic carbocycles. The summed E-state index contributed by atoms with van der Waals surface area (Å²) in [5.41, 5.74) is 4.89. The summed E-state index contributed by atoms with van der Waals surface area (Å²) in [7, 11) is 0. The number of pyridine rings is 1. The molecule has 0 radical (unpaired) electrons. The molecule has 0 bridgehead atoms. The van der Waals surface area contributed by atoms with Crippen LogP contribution in [0.15, 0.2) is 79.0 Å². The van der Waals surface area contributed by atoms with Gasteiger partial charge in [0.05, 0.1) is 29.0 Å². The lowest BCUT2D eigenvalue weighted by atomic mass is 9.96. The number of aryl methyl sites for hydroxylation is 1. The maximum Gasteiger partial charge on any atom is 0.335 e. The molecule has 1 aliphatic rings. The monoisotopic (exact) mass is 486 g/mol. The number of rotatable bonds is 5. The zero-order valence-electron chi connectivity index (χ0n) is 19.1. The van der Waals surface area contributed by atoms with Crippen LogP contribution in [0.4, 0.5) is 10.1 Å². The van der Waals surface area contributed by atoms with Gasteiger partial charge in [-0.3, -0.25) is 4.98 Å². The van der Waals surface area contributed by atoms with Crippen LogP contribution in [-0.2, 0) is 0 Å². The third kappa shape index (κ3) is 3.95. The number of thiocarbonyl (C=S) groups is 1. The van der Waals surface area contributed by atoms with Crippen LogP contribution in [0.5, 0.6) is 0 Å². The van der Waals surface area contributed by atoms with E-state index in [-0.39, 0.29) is 23.5 Å². The molecule has 6 nitrogen and oxygen atoms in total. The fraction of sp³-hybridized carbons (Fsp3) is 0.148. The first-order valence-electron chi connectivity index (χ1n) is 11.1. The number of carbonyl (C=O) groups is 1. The first-order valence-corrected chi connectivity index (χ1v) is 11.6. The largest absolute Gasteiger partial charge is 0.478 e. The van der Waals surface area contributed by atoms with Crippen molar-refractivity contribution >= 4 is 29.0 Å². The number of carboxylic acids is 1. The number of hydrogen-bond acceptors (Lipinski definition) is 3.